The maximum absolute atomic E-state index is 12.9. The summed E-state index contributed by atoms with van der Waals surface area (Å²) in [5, 5.41) is 2.38. The zero-order valence-corrected chi connectivity index (χ0v) is 20.3. The zero-order valence-electron chi connectivity index (χ0n) is 19.5. The predicted molar refractivity (Wildman–Crippen MR) is 123 cm³/mol. The van der Waals surface area contributed by atoms with Crippen molar-refractivity contribution in [3.63, 3.8) is 0 Å². The van der Waals surface area contributed by atoms with Gasteiger partial charge in [0.2, 0.25) is 5.88 Å². The molecule has 0 aliphatic heterocycles. The molecule has 0 atom stereocenters. The Morgan fingerprint density at radius 1 is 1.19 bits per heavy atom. The number of carbonyl (C=O) groups is 2. The fraction of sp³-hybridized carbons (Fsp3) is 0.458. The topological polar surface area (TPSA) is 96.0 Å². The van der Waals surface area contributed by atoms with E-state index in [0.717, 1.165) is 18.9 Å². The average molecular weight is 531 g/mol. The van der Waals surface area contributed by atoms with Crippen LogP contribution in [-0.2, 0) is 26.9 Å². The molecule has 1 aromatic carbocycles. The van der Waals surface area contributed by atoms with Crippen LogP contribution in [0.1, 0.15) is 37.3 Å². The van der Waals surface area contributed by atoms with Crippen LogP contribution in [0.2, 0.25) is 5.02 Å². The van der Waals surface area contributed by atoms with Gasteiger partial charge in [-0.1, -0.05) is 17.7 Å². The van der Waals surface area contributed by atoms with Gasteiger partial charge >= 0.3 is 18.2 Å². The molecule has 0 saturated heterocycles. The number of ether oxygens (including phenoxy) is 4. The number of aromatic nitrogens is 1. The number of pyridine rings is 1. The molecule has 0 spiro atoms. The van der Waals surface area contributed by atoms with Gasteiger partial charge in [-0.3, -0.25) is 0 Å². The van der Waals surface area contributed by atoms with Crippen molar-refractivity contribution in [3.8, 4) is 17.4 Å². The minimum atomic E-state index is -4.61. The number of esters is 1. The Balaban J connectivity index is 1.68. The van der Waals surface area contributed by atoms with Crippen molar-refractivity contribution in [2.75, 3.05) is 26.4 Å². The monoisotopic (exact) mass is 530 g/mol. The molecular formula is C24H26ClF3N2O6. The van der Waals surface area contributed by atoms with E-state index in [1.165, 1.54) is 6.07 Å². The first-order valence-electron chi connectivity index (χ1n) is 11.4. The van der Waals surface area contributed by atoms with E-state index < -0.39 is 23.8 Å². The quantitative estimate of drug-likeness (QED) is 0.283. The third-order valence-corrected chi connectivity index (χ3v) is 5.37. The maximum atomic E-state index is 12.9. The molecule has 0 bridgehead atoms. The van der Waals surface area contributed by atoms with Gasteiger partial charge in [-0.15, -0.1) is 0 Å². The Bertz CT molecular complexity index is 1060. The number of nitrogens with zero attached hydrogens (tertiary/aromatic N) is 1. The minimum Gasteiger partial charge on any atom is -0.482 e. The number of hydrogen-bond acceptors (Lipinski definition) is 7. The van der Waals surface area contributed by atoms with E-state index in [9.17, 15) is 22.8 Å². The number of halogens is 4. The molecule has 1 saturated carbocycles. The van der Waals surface area contributed by atoms with Gasteiger partial charge in [-0.25, -0.2) is 14.6 Å². The van der Waals surface area contributed by atoms with Gasteiger partial charge in [0.1, 0.15) is 16.5 Å². The number of alkyl halides is 3. The summed E-state index contributed by atoms with van der Waals surface area (Å²) in [4.78, 5) is 27.0. The smallest absolute Gasteiger partial charge is 0.417 e. The third-order valence-electron chi connectivity index (χ3n) is 5.10. The summed E-state index contributed by atoms with van der Waals surface area (Å²) in [5.41, 5.74) is -0.373. The second-order valence-electron chi connectivity index (χ2n) is 8.04. The molecule has 1 amide bonds. The Morgan fingerprint density at radius 3 is 2.64 bits per heavy atom. The number of hydrogen-bond donors (Lipinski definition) is 1. The Morgan fingerprint density at radius 2 is 1.97 bits per heavy atom. The third kappa shape index (κ3) is 8.78. The van der Waals surface area contributed by atoms with Gasteiger partial charge < -0.3 is 24.3 Å². The van der Waals surface area contributed by atoms with Crippen molar-refractivity contribution in [2.24, 2.45) is 5.92 Å². The van der Waals surface area contributed by atoms with E-state index in [2.05, 4.69) is 10.3 Å². The predicted octanol–water partition coefficient (Wildman–Crippen LogP) is 5.56. The summed E-state index contributed by atoms with van der Waals surface area (Å²) in [7, 11) is 0. The second kappa shape index (κ2) is 12.7. The van der Waals surface area contributed by atoms with Crippen LogP contribution in [0.15, 0.2) is 30.5 Å². The lowest BCUT2D eigenvalue weighted by molar-refractivity contribution is -0.145. The van der Waals surface area contributed by atoms with Crippen molar-refractivity contribution < 1.29 is 41.7 Å². The first kappa shape index (κ1) is 27.4. The lowest BCUT2D eigenvalue weighted by Crippen LogP contribution is -2.26. The Labute approximate surface area is 211 Å². The van der Waals surface area contributed by atoms with Gasteiger partial charge in [-0.2, -0.15) is 13.2 Å². The van der Waals surface area contributed by atoms with Crippen LogP contribution in [0.3, 0.4) is 0 Å². The van der Waals surface area contributed by atoms with E-state index in [0.29, 0.717) is 37.1 Å². The van der Waals surface area contributed by atoms with Gasteiger partial charge in [0.15, 0.2) is 6.61 Å². The normalized spacial score (nSPS) is 13.1. The van der Waals surface area contributed by atoms with Crippen LogP contribution in [0.4, 0.5) is 18.0 Å². The number of benzene rings is 1. The molecular weight excluding hydrogens is 505 g/mol. The number of alkyl carbamates (subject to hydrolysis) is 1. The summed E-state index contributed by atoms with van der Waals surface area (Å²) in [5.74, 6) is 0.217. The Hall–Kier alpha value is -3.21. The van der Waals surface area contributed by atoms with Crippen molar-refractivity contribution in [1.29, 1.82) is 0 Å². The van der Waals surface area contributed by atoms with E-state index >= 15 is 0 Å². The highest BCUT2D eigenvalue weighted by atomic mass is 35.5. The van der Waals surface area contributed by atoms with E-state index in [4.69, 9.17) is 30.5 Å². The van der Waals surface area contributed by atoms with Crippen LogP contribution in [0.5, 0.6) is 17.4 Å². The van der Waals surface area contributed by atoms with Crippen LogP contribution in [0.25, 0.3) is 0 Å². The van der Waals surface area contributed by atoms with Gasteiger partial charge in [0.05, 0.1) is 18.8 Å². The fourth-order valence-electron chi connectivity index (χ4n) is 3.06. The lowest BCUT2D eigenvalue weighted by atomic mass is 10.1. The summed E-state index contributed by atoms with van der Waals surface area (Å²) >= 11 is 5.99. The van der Waals surface area contributed by atoms with Crippen LogP contribution >= 0.6 is 11.6 Å². The molecule has 12 heteroatoms. The van der Waals surface area contributed by atoms with E-state index in [1.54, 1.807) is 19.1 Å². The van der Waals surface area contributed by atoms with E-state index in [1.807, 2.05) is 0 Å². The second-order valence-corrected chi connectivity index (χ2v) is 8.44. The Kier molecular flexibility index (Phi) is 9.63. The molecule has 1 aromatic heterocycles. The van der Waals surface area contributed by atoms with Crippen molar-refractivity contribution >= 4 is 23.7 Å². The van der Waals surface area contributed by atoms with Crippen molar-refractivity contribution in [2.45, 2.75) is 38.8 Å². The minimum absolute atomic E-state index is 0.149. The zero-order chi connectivity index (χ0) is 26.1. The number of amides is 1. The highest BCUT2D eigenvalue weighted by molar-refractivity contribution is 6.31. The van der Waals surface area contributed by atoms with Gasteiger partial charge in [0.25, 0.3) is 0 Å². The van der Waals surface area contributed by atoms with Crippen molar-refractivity contribution in [1.82, 2.24) is 10.3 Å². The molecule has 1 aliphatic carbocycles. The maximum Gasteiger partial charge on any atom is 0.417 e. The molecule has 1 aliphatic rings. The fourth-order valence-corrected chi connectivity index (χ4v) is 3.26. The van der Waals surface area contributed by atoms with E-state index in [-0.39, 0.29) is 42.2 Å². The molecule has 0 radical (unpaired) electrons. The standard InChI is InChI=1S/C24H26ClF3N2O6/c1-2-33-21(31)14-35-18-8-7-16(4-3-9-34-23(32)30-12-15-5-6-15)20(11-18)36-22-19(25)10-17(13-29-22)24(26,27)28/h7-8,10-11,13,15H,2-6,9,12,14H2,1H3,(H,30,32). The molecule has 196 valence electrons. The van der Waals surface area contributed by atoms with Crippen LogP contribution in [-0.4, -0.2) is 43.4 Å². The number of nitrogens with one attached hydrogen (secondary N) is 1. The summed E-state index contributed by atoms with van der Waals surface area (Å²) in [6.45, 7) is 2.28. The van der Waals surface area contributed by atoms with Gasteiger partial charge in [-0.05, 0) is 56.2 Å². The highest BCUT2D eigenvalue weighted by Gasteiger charge is 2.32. The number of carbonyl (C=O) groups excluding carboxylic acids is 2. The molecule has 8 nitrogen and oxygen atoms in total. The highest BCUT2D eigenvalue weighted by Crippen LogP contribution is 2.36. The molecule has 1 heterocycles. The van der Waals surface area contributed by atoms with Crippen LogP contribution in [0, 0.1) is 5.92 Å². The molecule has 2 aromatic rings. The molecule has 3 rings (SSSR count). The number of rotatable bonds is 12. The summed E-state index contributed by atoms with van der Waals surface area (Å²) < 4.78 is 59.9. The molecule has 1 fully saturated rings. The number of aryl methyl sites for hydroxylation is 1. The largest absolute Gasteiger partial charge is 0.482 e. The van der Waals surface area contributed by atoms with Crippen LogP contribution < -0.4 is 14.8 Å². The first-order chi connectivity index (χ1) is 17.2. The SMILES string of the molecule is CCOC(=O)COc1ccc(CCCOC(=O)NCC2CC2)c(Oc2ncc(C(F)(F)F)cc2Cl)c1. The molecule has 1 N–H and O–H groups in total. The summed E-state index contributed by atoms with van der Waals surface area (Å²) in [6.07, 6.45) is -1.39. The van der Waals surface area contributed by atoms with Gasteiger partial charge in [0, 0.05) is 18.8 Å². The molecule has 36 heavy (non-hydrogen) atoms. The van der Waals surface area contributed by atoms with Crippen molar-refractivity contribution in [3.05, 3.63) is 46.6 Å². The lowest BCUT2D eigenvalue weighted by Gasteiger charge is -2.15. The average Bonchev–Trinajstić information content (AvgIpc) is 3.65. The molecule has 0 unspecified atom stereocenters. The summed E-state index contributed by atoms with van der Waals surface area (Å²) in [6, 6.07) is 5.46. The first-order valence-corrected chi connectivity index (χ1v) is 11.8.